The topological polar surface area (TPSA) is 149 Å². The number of hydrogen-bond donors (Lipinski definition) is 4. The molecular weight excluding hydrogens is 687 g/mol. The molecule has 2 aromatic heterocycles. The smallest absolute Gasteiger partial charge is 0.270 e. The lowest BCUT2D eigenvalue weighted by molar-refractivity contribution is -0.130. The summed E-state index contributed by atoms with van der Waals surface area (Å²) < 4.78 is 0. The molecule has 0 unspecified atom stereocenters. The highest BCUT2D eigenvalue weighted by molar-refractivity contribution is 7.99. The van der Waals surface area contributed by atoms with Crippen LogP contribution in [0.2, 0.25) is 0 Å². The van der Waals surface area contributed by atoms with Crippen molar-refractivity contribution in [2.45, 2.75) is 108 Å². The van der Waals surface area contributed by atoms with E-state index < -0.39 is 41.6 Å². The molecule has 53 heavy (non-hydrogen) atoms. The summed E-state index contributed by atoms with van der Waals surface area (Å²) in [5.74, 6) is -0.490. The number of amides is 3. The molecule has 0 bridgehead atoms. The van der Waals surface area contributed by atoms with Crippen LogP contribution in [0.25, 0.3) is 10.9 Å². The summed E-state index contributed by atoms with van der Waals surface area (Å²) in [6, 6.07) is 20.6. The molecule has 3 amide bonds. The van der Waals surface area contributed by atoms with E-state index in [0.29, 0.717) is 30.7 Å². The zero-order chi connectivity index (χ0) is 38.3. The number of fused-ring (bicyclic) bond motifs is 1. The number of piperidine rings is 1. The van der Waals surface area contributed by atoms with E-state index >= 15 is 0 Å². The Morgan fingerprint density at radius 3 is 2.36 bits per heavy atom. The van der Waals surface area contributed by atoms with E-state index in [1.165, 1.54) is 0 Å². The van der Waals surface area contributed by atoms with Gasteiger partial charge in [-0.2, -0.15) is 0 Å². The van der Waals surface area contributed by atoms with Crippen molar-refractivity contribution in [3.63, 3.8) is 0 Å². The Balaban J connectivity index is 1.33. The Labute approximate surface area is 317 Å². The van der Waals surface area contributed by atoms with Gasteiger partial charge in [-0.25, -0.2) is 15.0 Å². The molecule has 0 saturated carbocycles. The molecule has 4 N–H and O–H groups in total. The number of aliphatic hydroxyl groups excluding tert-OH is 1. The molecule has 12 heteroatoms. The summed E-state index contributed by atoms with van der Waals surface area (Å²) in [6.45, 7) is 14.2. The molecule has 5 atom stereocenters. The molecule has 2 aromatic carbocycles. The summed E-state index contributed by atoms with van der Waals surface area (Å²) in [7, 11) is 0. The molecule has 3 heterocycles. The van der Waals surface area contributed by atoms with Crippen molar-refractivity contribution in [1.29, 1.82) is 0 Å². The summed E-state index contributed by atoms with van der Waals surface area (Å²) in [5, 5.41) is 23.0. The quantitative estimate of drug-likeness (QED) is 0.139. The number of aryl methyl sites for hydroxylation is 2. The van der Waals surface area contributed by atoms with Crippen LogP contribution in [0.3, 0.4) is 0 Å². The maximum atomic E-state index is 14.0. The maximum absolute atomic E-state index is 14.0. The van der Waals surface area contributed by atoms with E-state index in [-0.39, 0.29) is 29.3 Å². The number of likely N-dealkylation sites (tertiary alicyclic amines) is 1. The van der Waals surface area contributed by atoms with Gasteiger partial charge in [-0.15, -0.1) is 11.8 Å². The fourth-order valence-electron chi connectivity index (χ4n) is 6.68. The highest BCUT2D eigenvalue weighted by Gasteiger charge is 2.38. The highest BCUT2D eigenvalue weighted by atomic mass is 32.2. The van der Waals surface area contributed by atoms with Gasteiger partial charge in [0.25, 0.3) is 5.91 Å². The van der Waals surface area contributed by atoms with Crippen LogP contribution in [0.5, 0.6) is 0 Å². The normalized spacial score (nSPS) is 18.3. The number of aliphatic hydroxyl groups is 1. The van der Waals surface area contributed by atoms with Crippen LogP contribution >= 0.6 is 11.8 Å². The zero-order valence-corrected chi connectivity index (χ0v) is 32.6. The summed E-state index contributed by atoms with van der Waals surface area (Å²) in [5.41, 5.74) is 2.31. The average molecular weight is 740 g/mol. The predicted octanol–water partition coefficient (Wildman–Crippen LogP) is 5.02. The van der Waals surface area contributed by atoms with E-state index in [1.807, 2.05) is 120 Å². The number of pyridine rings is 1. The molecule has 1 saturated heterocycles. The van der Waals surface area contributed by atoms with E-state index in [1.54, 1.807) is 17.8 Å². The highest BCUT2D eigenvalue weighted by Crippen LogP contribution is 2.33. The first-order valence-electron chi connectivity index (χ1n) is 18.4. The van der Waals surface area contributed by atoms with Crippen LogP contribution in [-0.4, -0.2) is 90.8 Å². The van der Waals surface area contributed by atoms with Gasteiger partial charge in [0, 0.05) is 35.0 Å². The lowest BCUT2D eigenvalue weighted by Gasteiger charge is -2.41. The first-order valence-corrected chi connectivity index (χ1v) is 19.3. The van der Waals surface area contributed by atoms with Crippen molar-refractivity contribution in [2.75, 3.05) is 13.1 Å². The van der Waals surface area contributed by atoms with E-state index in [0.717, 1.165) is 28.1 Å². The van der Waals surface area contributed by atoms with Crippen LogP contribution in [0.15, 0.2) is 77.8 Å². The summed E-state index contributed by atoms with van der Waals surface area (Å²) >= 11 is 1.66. The molecule has 282 valence electrons. The summed E-state index contributed by atoms with van der Waals surface area (Å²) in [4.78, 5) is 56.8. The van der Waals surface area contributed by atoms with Crippen LogP contribution in [0.4, 0.5) is 0 Å². The van der Waals surface area contributed by atoms with Gasteiger partial charge in [0.2, 0.25) is 11.8 Å². The molecule has 11 nitrogen and oxygen atoms in total. The van der Waals surface area contributed by atoms with Crippen molar-refractivity contribution in [3.8, 4) is 0 Å². The fraction of sp³-hybridized carbons (Fsp3) is 0.463. The molecule has 0 radical (unpaired) electrons. The number of rotatable bonds is 13. The minimum absolute atomic E-state index is 0.0985. The third-order valence-corrected chi connectivity index (χ3v) is 10.5. The number of carbonyl (C=O) groups is 3. The molecule has 1 fully saturated rings. The number of carbonyl (C=O) groups excluding carboxylic acids is 3. The molecule has 0 aliphatic carbocycles. The van der Waals surface area contributed by atoms with Gasteiger partial charge in [0.05, 0.1) is 23.7 Å². The minimum Gasteiger partial charge on any atom is -0.390 e. The Morgan fingerprint density at radius 1 is 0.943 bits per heavy atom. The first kappa shape index (κ1) is 39.8. The number of hydrogen-bond acceptors (Lipinski definition) is 9. The Hall–Kier alpha value is -4.39. The van der Waals surface area contributed by atoms with Crippen molar-refractivity contribution < 1.29 is 19.5 Å². The third-order valence-electron chi connectivity index (χ3n) is 9.27. The monoisotopic (exact) mass is 739 g/mol. The first-order chi connectivity index (χ1) is 25.1. The second kappa shape index (κ2) is 17.6. The number of benzene rings is 2. The van der Waals surface area contributed by atoms with Gasteiger partial charge in [-0.05, 0) is 83.6 Å². The standard InChI is InChI=1S/C41H53N7O4S/c1-25(2)37(46-38(50)32-18-17-29-15-11-12-16-31(29)44-32)40(52)45-33(22-28-13-9-8-10-14-28)35(49)24-48-20-19-30(23-34(48)39(51)47-41(5,6)7)53-36-21-26(3)42-27(4)43-36/h8-18,21,25,30,33-35,37,49H,19-20,22-24H2,1-7H3,(H,45,52)(H,46,50)(H,47,51)/t30-,33+,34+,35-,37+/m1/s1. The van der Waals surface area contributed by atoms with Crippen LogP contribution in [0.1, 0.15) is 75.0 Å². The SMILES string of the molecule is Cc1cc(S[C@@H]2CCN(C[C@@H](O)[C@H](Cc3ccccc3)NC(=O)[C@@H](NC(=O)c3ccc4ccccc4n3)C(C)C)[C@H](C(=O)NC(C)(C)C)C2)nc(C)n1. The third kappa shape index (κ3) is 11.3. The number of nitrogens with zero attached hydrogens (tertiary/aromatic N) is 4. The van der Waals surface area contributed by atoms with Crippen molar-refractivity contribution in [1.82, 2.24) is 35.8 Å². The van der Waals surface area contributed by atoms with E-state index in [2.05, 4.69) is 30.9 Å². The summed E-state index contributed by atoms with van der Waals surface area (Å²) in [6.07, 6.45) is 0.697. The average Bonchev–Trinajstić information content (AvgIpc) is 3.09. The Morgan fingerprint density at radius 2 is 1.66 bits per heavy atom. The van der Waals surface area contributed by atoms with Crippen LogP contribution in [0, 0.1) is 19.8 Å². The number of aromatic nitrogens is 3. The second-order valence-corrected chi connectivity index (χ2v) is 16.7. The zero-order valence-electron chi connectivity index (χ0n) is 31.8. The number of para-hydroxylation sites is 1. The molecule has 0 spiro atoms. The predicted molar refractivity (Wildman–Crippen MR) is 210 cm³/mol. The van der Waals surface area contributed by atoms with Crippen molar-refractivity contribution >= 4 is 40.4 Å². The fourth-order valence-corrected chi connectivity index (χ4v) is 7.95. The van der Waals surface area contributed by atoms with E-state index in [4.69, 9.17) is 0 Å². The molecular formula is C41H53N7O4S. The molecule has 5 rings (SSSR count). The lowest BCUT2D eigenvalue weighted by Crippen LogP contribution is -2.60. The van der Waals surface area contributed by atoms with Gasteiger partial charge in [0.15, 0.2) is 0 Å². The lowest BCUT2D eigenvalue weighted by atomic mass is 9.95. The van der Waals surface area contributed by atoms with Gasteiger partial charge < -0.3 is 21.1 Å². The Bertz CT molecular complexity index is 1860. The number of β-amino-alcohol motifs (C(OH)–C–C–N with tert-alkyl or cyclic N) is 1. The molecule has 1 aliphatic heterocycles. The van der Waals surface area contributed by atoms with Crippen molar-refractivity contribution in [3.05, 3.63) is 95.6 Å². The maximum Gasteiger partial charge on any atom is 0.270 e. The van der Waals surface area contributed by atoms with Gasteiger partial charge in [-0.1, -0.05) is 68.4 Å². The largest absolute Gasteiger partial charge is 0.390 e. The van der Waals surface area contributed by atoms with Gasteiger partial charge >= 0.3 is 0 Å². The number of nitrogens with one attached hydrogen (secondary N) is 3. The van der Waals surface area contributed by atoms with Crippen LogP contribution in [-0.2, 0) is 16.0 Å². The second-order valence-electron chi connectivity index (χ2n) is 15.4. The van der Waals surface area contributed by atoms with Gasteiger partial charge in [0.1, 0.15) is 22.6 Å². The number of thioether (sulfide) groups is 1. The van der Waals surface area contributed by atoms with Crippen molar-refractivity contribution in [2.24, 2.45) is 5.92 Å². The Kier molecular flexibility index (Phi) is 13.2. The van der Waals surface area contributed by atoms with E-state index in [9.17, 15) is 19.5 Å². The van der Waals surface area contributed by atoms with Crippen LogP contribution < -0.4 is 16.0 Å². The van der Waals surface area contributed by atoms with Gasteiger partial charge in [-0.3, -0.25) is 19.3 Å². The minimum atomic E-state index is -1.02. The molecule has 1 aliphatic rings. The molecule has 4 aromatic rings.